The van der Waals surface area contributed by atoms with E-state index >= 15 is 0 Å². The largest absolute Gasteiger partial charge is 1.00 e. The molecule has 3 aliphatic heterocycles. The van der Waals surface area contributed by atoms with Crippen molar-refractivity contribution in [2.24, 2.45) is 0 Å². The number of nitrogens with one attached hydrogen (secondary N) is 2. The summed E-state index contributed by atoms with van der Waals surface area (Å²) in [5.41, 5.74) is 5.51. The minimum absolute atomic E-state index is 0. The number of fused-ring (bicyclic) bond motifs is 13. The normalized spacial score (nSPS) is 27.3. The van der Waals surface area contributed by atoms with Gasteiger partial charge in [0.2, 0.25) is 0 Å². The standard InChI is InChI=1S/C28H26N4O3/c1-28-26(34-3)17(29-2)12-20(35-28)31-18-10-6-4-8-14(18)22-23-16(13-30-27(23)33)21-15-9-5-7-11-19(15)32(28)25(21)24(22)31/h4-11,17,20,26,29H,12-13H2,1-3H3,(H,30,33)/p+1/t17-,20-,26-,28+/m0/s1. The Morgan fingerprint density at radius 3 is 2.54 bits per heavy atom. The van der Waals surface area contributed by atoms with Crippen LogP contribution in [-0.4, -0.2) is 41.3 Å². The molecule has 0 radical (unpaired) electrons. The van der Waals surface area contributed by atoms with Gasteiger partial charge in [-0.3, -0.25) is 4.79 Å². The van der Waals surface area contributed by atoms with E-state index in [2.05, 4.69) is 75.2 Å². The molecule has 8 rings (SSSR count). The summed E-state index contributed by atoms with van der Waals surface area (Å²) in [6, 6.07) is 17.0. The molecule has 7 heteroatoms. The van der Waals surface area contributed by atoms with Crippen molar-refractivity contribution in [3.05, 3.63) is 59.7 Å². The summed E-state index contributed by atoms with van der Waals surface area (Å²) >= 11 is 0. The summed E-state index contributed by atoms with van der Waals surface area (Å²) in [7, 11) is 3.77. The van der Waals surface area contributed by atoms with Crippen LogP contribution in [0.15, 0.2) is 48.5 Å². The van der Waals surface area contributed by atoms with E-state index in [0.29, 0.717) is 6.54 Å². The number of likely N-dealkylation sites (N-methyl/N-ethyl adjacent to an activating group) is 1. The minimum Gasteiger partial charge on any atom is -0.375 e. The molecule has 5 heterocycles. The first kappa shape index (κ1) is 19.9. The number of rotatable bonds is 2. The summed E-state index contributed by atoms with van der Waals surface area (Å²) in [4.78, 5) is 13.3. The molecule has 7 nitrogen and oxygen atoms in total. The number of methoxy groups -OCH3 is 1. The van der Waals surface area contributed by atoms with Crippen LogP contribution in [0.4, 0.5) is 0 Å². The summed E-state index contributed by atoms with van der Waals surface area (Å²) in [6.45, 7) is 2.68. The Balaban J connectivity index is 0.00000220. The molecule has 2 bridgehead atoms. The highest BCUT2D eigenvalue weighted by Crippen LogP contribution is 2.53. The monoisotopic (exact) mass is 467 g/mol. The highest BCUT2D eigenvalue weighted by atomic mass is 16.6. The molecule has 1 saturated heterocycles. The van der Waals surface area contributed by atoms with Crippen LogP contribution in [0.25, 0.3) is 43.6 Å². The molecule has 0 spiro atoms. The van der Waals surface area contributed by atoms with Crippen molar-refractivity contribution in [1.82, 2.24) is 19.8 Å². The highest BCUT2D eigenvalue weighted by Gasteiger charge is 2.53. The Kier molecular flexibility index (Phi) is 3.65. The molecule has 176 valence electrons. The van der Waals surface area contributed by atoms with Gasteiger partial charge >= 0.3 is 1.43 Å². The van der Waals surface area contributed by atoms with Crippen LogP contribution in [0, 0.1) is 0 Å². The van der Waals surface area contributed by atoms with E-state index in [1.165, 1.54) is 0 Å². The van der Waals surface area contributed by atoms with Gasteiger partial charge in [0.1, 0.15) is 12.3 Å². The van der Waals surface area contributed by atoms with Crippen LogP contribution in [0.5, 0.6) is 0 Å². The maximum atomic E-state index is 13.3. The van der Waals surface area contributed by atoms with Gasteiger partial charge < -0.3 is 29.2 Å². The third-order valence-electron chi connectivity index (χ3n) is 8.60. The molecule has 1 amide bonds. The highest BCUT2D eigenvalue weighted by molar-refractivity contribution is 6.31. The van der Waals surface area contributed by atoms with Crippen molar-refractivity contribution in [2.75, 3.05) is 14.2 Å². The van der Waals surface area contributed by atoms with Crippen molar-refractivity contribution in [3.8, 4) is 0 Å². The molecule has 2 N–H and O–H groups in total. The average Bonchev–Trinajstić information content (AvgIpc) is 3.51. The SMILES string of the molecule is CN[C@H]1C[C@@H]2O[C@](C)([C@H]1OC)n1c3ccccc3c3c4c(c5c6ccccc6n2c5c31)C(=O)NC4.[H+]. The van der Waals surface area contributed by atoms with E-state index in [-0.39, 0.29) is 25.7 Å². The van der Waals surface area contributed by atoms with Crippen LogP contribution in [0.1, 0.15) is 36.9 Å². The van der Waals surface area contributed by atoms with Crippen LogP contribution in [0.2, 0.25) is 0 Å². The average molecular weight is 468 g/mol. The molecule has 5 aromatic rings. The molecule has 2 aromatic heterocycles. The maximum absolute atomic E-state index is 13.3. The molecule has 0 unspecified atom stereocenters. The van der Waals surface area contributed by atoms with Crippen molar-refractivity contribution >= 4 is 49.5 Å². The number of hydrogen-bond acceptors (Lipinski definition) is 4. The molecule has 3 aromatic carbocycles. The maximum Gasteiger partial charge on any atom is 1.00 e. The van der Waals surface area contributed by atoms with Crippen molar-refractivity contribution in [1.29, 1.82) is 0 Å². The lowest BCUT2D eigenvalue weighted by Crippen LogP contribution is -2.59. The smallest absolute Gasteiger partial charge is 0.375 e. The first-order chi connectivity index (χ1) is 17.1. The first-order valence-electron chi connectivity index (χ1n) is 12.3. The van der Waals surface area contributed by atoms with Crippen molar-refractivity contribution in [3.63, 3.8) is 0 Å². The molecule has 4 atom stereocenters. The summed E-state index contributed by atoms with van der Waals surface area (Å²) < 4.78 is 18.0. The molecular weight excluding hydrogens is 440 g/mol. The van der Waals surface area contributed by atoms with Gasteiger partial charge in [0.25, 0.3) is 5.91 Å². The molecule has 3 aliphatic rings. The van der Waals surface area contributed by atoms with E-state index in [9.17, 15) is 4.79 Å². The summed E-state index contributed by atoms with van der Waals surface area (Å²) in [5.74, 6) is 0.00357. The second kappa shape index (κ2) is 6.43. The van der Waals surface area contributed by atoms with E-state index in [1.54, 1.807) is 7.11 Å². The number of para-hydroxylation sites is 2. The Bertz CT molecular complexity index is 1750. The number of amides is 1. The summed E-state index contributed by atoms with van der Waals surface area (Å²) in [6.07, 6.45) is 0.337. The van der Waals surface area contributed by atoms with Gasteiger partial charge in [-0.25, -0.2) is 0 Å². The number of benzene rings is 3. The van der Waals surface area contributed by atoms with Crippen molar-refractivity contribution in [2.45, 2.75) is 44.0 Å². The number of nitrogens with zero attached hydrogens (tertiary/aromatic N) is 2. The molecule has 1 fully saturated rings. The molecule has 0 aliphatic carbocycles. The van der Waals surface area contributed by atoms with Gasteiger partial charge in [-0.15, -0.1) is 0 Å². The Morgan fingerprint density at radius 1 is 1.09 bits per heavy atom. The zero-order chi connectivity index (χ0) is 23.6. The van der Waals surface area contributed by atoms with Crippen LogP contribution < -0.4 is 10.6 Å². The number of carbonyl (C=O) groups excluding carboxylic acids is 1. The van der Waals surface area contributed by atoms with Gasteiger partial charge in [0, 0.05) is 47.7 Å². The zero-order valence-corrected chi connectivity index (χ0v) is 19.9. The van der Waals surface area contributed by atoms with Crippen LogP contribution >= 0.6 is 0 Å². The topological polar surface area (TPSA) is 69.5 Å². The van der Waals surface area contributed by atoms with Gasteiger partial charge in [-0.2, -0.15) is 0 Å². The quantitative estimate of drug-likeness (QED) is 0.402. The first-order valence-corrected chi connectivity index (χ1v) is 12.3. The molecular formula is C28H27N4O3+. The lowest BCUT2D eigenvalue weighted by atomic mass is 9.93. The Hall–Kier alpha value is -3.39. The number of ether oxygens (including phenoxy) is 2. The van der Waals surface area contributed by atoms with Gasteiger partial charge in [-0.05, 0) is 31.7 Å². The predicted octanol–water partition coefficient (Wildman–Crippen LogP) is 4.47. The van der Waals surface area contributed by atoms with Gasteiger partial charge in [-0.1, -0.05) is 36.4 Å². The zero-order valence-electron chi connectivity index (χ0n) is 20.9. The third-order valence-corrected chi connectivity index (χ3v) is 8.60. The van der Waals surface area contributed by atoms with E-state index in [1.807, 2.05) is 7.05 Å². The molecule has 0 saturated carbocycles. The van der Waals surface area contributed by atoms with E-state index in [4.69, 9.17) is 9.47 Å². The van der Waals surface area contributed by atoms with Crippen molar-refractivity contribution < 1.29 is 15.7 Å². The second-order valence-corrected chi connectivity index (χ2v) is 10.1. The fraction of sp³-hybridized carbons (Fsp3) is 0.321. The van der Waals surface area contributed by atoms with Crippen LogP contribution in [0.3, 0.4) is 0 Å². The summed E-state index contributed by atoms with van der Waals surface area (Å²) in [5, 5.41) is 11.0. The number of hydrogen-bond donors (Lipinski definition) is 2. The van der Waals surface area contributed by atoms with Gasteiger partial charge in [0.05, 0.1) is 27.6 Å². The lowest BCUT2D eigenvalue weighted by Gasteiger charge is -2.48. The minimum atomic E-state index is -0.760. The van der Waals surface area contributed by atoms with Gasteiger partial charge in [0.15, 0.2) is 5.72 Å². The fourth-order valence-corrected chi connectivity index (χ4v) is 7.33. The Labute approximate surface area is 203 Å². The van der Waals surface area contributed by atoms with E-state index < -0.39 is 5.72 Å². The molecule has 35 heavy (non-hydrogen) atoms. The second-order valence-electron chi connectivity index (χ2n) is 10.1. The number of carbonyl (C=O) groups is 1. The van der Waals surface area contributed by atoms with Crippen LogP contribution in [-0.2, 0) is 21.7 Å². The van der Waals surface area contributed by atoms with E-state index in [0.717, 1.165) is 61.2 Å². The predicted molar refractivity (Wildman–Crippen MR) is 137 cm³/mol. The Morgan fingerprint density at radius 2 is 1.80 bits per heavy atom. The lowest BCUT2D eigenvalue weighted by molar-refractivity contribution is -0.256. The fourth-order valence-electron chi connectivity index (χ4n) is 7.33. The number of aromatic nitrogens is 2. The third kappa shape index (κ3) is 2.12.